The van der Waals surface area contributed by atoms with Crippen LogP contribution in [-0.4, -0.2) is 12.4 Å². The predicted octanol–water partition coefficient (Wildman–Crippen LogP) is 3.90. The molecule has 96 valence electrons. The third kappa shape index (κ3) is 3.85. The average molecular weight is 254 g/mol. The molecule has 0 aliphatic heterocycles. The molecule has 0 unspecified atom stereocenters. The van der Waals surface area contributed by atoms with Crippen LogP contribution in [0.1, 0.15) is 22.3 Å². The van der Waals surface area contributed by atoms with Crippen molar-refractivity contribution >= 4 is 12.4 Å². The zero-order valence-corrected chi connectivity index (χ0v) is 11.0. The summed E-state index contributed by atoms with van der Waals surface area (Å²) in [6.45, 7) is 3.87. The number of halogens is 1. The summed E-state index contributed by atoms with van der Waals surface area (Å²) in [5, 5.41) is 7.76. The minimum absolute atomic E-state index is 0.283. The summed E-state index contributed by atoms with van der Waals surface area (Å²) in [6.07, 6.45) is 3.06. The molecule has 19 heavy (non-hydrogen) atoms. The SMILES string of the molecule is Cc1ccc(/C=N/N=C/c2ccc(C)cc2F)cc1. The topological polar surface area (TPSA) is 24.7 Å². The van der Waals surface area contributed by atoms with E-state index in [1.807, 2.05) is 44.2 Å². The molecule has 0 fully saturated rings. The maximum Gasteiger partial charge on any atom is 0.132 e. The van der Waals surface area contributed by atoms with Gasteiger partial charge >= 0.3 is 0 Å². The highest BCUT2D eigenvalue weighted by atomic mass is 19.1. The van der Waals surface area contributed by atoms with Gasteiger partial charge in [-0.05, 0) is 31.0 Å². The Hall–Kier alpha value is -2.29. The van der Waals surface area contributed by atoms with Crippen LogP contribution in [0.5, 0.6) is 0 Å². The van der Waals surface area contributed by atoms with E-state index in [0.717, 1.165) is 11.1 Å². The molecule has 2 rings (SSSR count). The van der Waals surface area contributed by atoms with Crippen molar-refractivity contribution in [2.24, 2.45) is 10.2 Å². The molecule has 0 bridgehead atoms. The summed E-state index contributed by atoms with van der Waals surface area (Å²) >= 11 is 0. The Morgan fingerprint density at radius 1 is 0.842 bits per heavy atom. The summed E-state index contributed by atoms with van der Waals surface area (Å²) in [5.74, 6) is -0.283. The first kappa shape index (κ1) is 13.1. The molecular weight excluding hydrogens is 239 g/mol. The van der Waals surface area contributed by atoms with Gasteiger partial charge in [0.2, 0.25) is 0 Å². The molecule has 2 nitrogen and oxygen atoms in total. The first-order valence-corrected chi connectivity index (χ1v) is 6.04. The molecule has 0 saturated heterocycles. The lowest BCUT2D eigenvalue weighted by Crippen LogP contribution is -1.88. The van der Waals surface area contributed by atoms with Gasteiger partial charge in [-0.1, -0.05) is 42.0 Å². The highest BCUT2D eigenvalue weighted by Gasteiger charge is 1.97. The summed E-state index contributed by atoms with van der Waals surface area (Å²) in [5.41, 5.74) is 3.49. The fourth-order valence-corrected chi connectivity index (χ4v) is 1.58. The molecule has 0 saturated carbocycles. The summed E-state index contributed by atoms with van der Waals surface area (Å²) in [7, 11) is 0. The first-order valence-electron chi connectivity index (χ1n) is 6.04. The Labute approximate surface area is 112 Å². The van der Waals surface area contributed by atoms with Gasteiger partial charge in [0.1, 0.15) is 5.82 Å². The number of hydrogen-bond donors (Lipinski definition) is 0. The van der Waals surface area contributed by atoms with Crippen molar-refractivity contribution < 1.29 is 4.39 Å². The van der Waals surface area contributed by atoms with Crippen LogP contribution in [0.25, 0.3) is 0 Å². The Balaban J connectivity index is 2.05. The van der Waals surface area contributed by atoms with E-state index in [1.165, 1.54) is 17.8 Å². The molecule has 0 aromatic heterocycles. The highest BCUT2D eigenvalue weighted by Crippen LogP contribution is 2.07. The maximum atomic E-state index is 13.5. The van der Waals surface area contributed by atoms with Gasteiger partial charge in [0, 0.05) is 5.56 Å². The monoisotopic (exact) mass is 254 g/mol. The van der Waals surface area contributed by atoms with Gasteiger partial charge in [0.05, 0.1) is 12.4 Å². The van der Waals surface area contributed by atoms with Crippen molar-refractivity contribution in [3.05, 3.63) is 70.5 Å². The van der Waals surface area contributed by atoms with Gasteiger partial charge in [-0.2, -0.15) is 10.2 Å². The molecule has 0 spiro atoms. The van der Waals surface area contributed by atoms with Crippen LogP contribution in [0.2, 0.25) is 0 Å². The van der Waals surface area contributed by atoms with E-state index in [0.29, 0.717) is 5.56 Å². The molecule has 0 heterocycles. The van der Waals surface area contributed by atoms with Crippen LogP contribution in [0.4, 0.5) is 4.39 Å². The number of aryl methyl sites for hydroxylation is 2. The normalized spacial score (nSPS) is 11.5. The van der Waals surface area contributed by atoms with E-state index >= 15 is 0 Å². The summed E-state index contributed by atoms with van der Waals surface area (Å²) in [4.78, 5) is 0. The smallest absolute Gasteiger partial charge is 0.132 e. The minimum atomic E-state index is -0.283. The number of nitrogens with zero attached hydrogens (tertiary/aromatic N) is 2. The van der Waals surface area contributed by atoms with Crippen LogP contribution >= 0.6 is 0 Å². The van der Waals surface area contributed by atoms with Crippen molar-refractivity contribution in [2.75, 3.05) is 0 Å². The molecule has 0 N–H and O–H groups in total. The van der Waals surface area contributed by atoms with E-state index in [-0.39, 0.29) is 5.82 Å². The van der Waals surface area contributed by atoms with Gasteiger partial charge in [-0.25, -0.2) is 4.39 Å². The fourth-order valence-electron chi connectivity index (χ4n) is 1.58. The van der Waals surface area contributed by atoms with Gasteiger partial charge in [0.25, 0.3) is 0 Å². The maximum absolute atomic E-state index is 13.5. The van der Waals surface area contributed by atoms with Gasteiger partial charge in [0.15, 0.2) is 0 Å². The van der Waals surface area contributed by atoms with Crippen molar-refractivity contribution in [1.29, 1.82) is 0 Å². The Bertz CT molecular complexity index is 613. The van der Waals surface area contributed by atoms with Crippen molar-refractivity contribution in [2.45, 2.75) is 13.8 Å². The zero-order chi connectivity index (χ0) is 13.7. The van der Waals surface area contributed by atoms with Crippen LogP contribution in [0, 0.1) is 19.7 Å². The molecule has 3 heteroatoms. The minimum Gasteiger partial charge on any atom is -0.206 e. The van der Waals surface area contributed by atoms with E-state index in [4.69, 9.17) is 0 Å². The van der Waals surface area contributed by atoms with Crippen molar-refractivity contribution in [3.63, 3.8) is 0 Å². The fraction of sp³-hybridized carbons (Fsp3) is 0.125. The van der Waals surface area contributed by atoms with Gasteiger partial charge in [-0.15, -0.1) is 0 Å². The summed E-state index contributed by atoms with van der Waals surface area (Å²) < 4.78 is 13.5. The standard InChI is InChI=1S/C16H15FN2/c1-12-3-6-14(7-4-12)10-18-19-11-15-8-5-13(2)9-16(15)17/h3-11H,1-2H3/b18-10+,19-11+. The Kier molecular flexibility index (Phi) is 4.18. The third-order valence-electron chi connectivity index (χ3n) is 2.70. The third-order valence-corrected chi connectivity index (χ3v) is 2.70. The van der Waals surface area contributed by atoms with E-state index in [2.05, 4.69) is 10.2 Å². The molecule has 0 aliphatic carbocycles. The van der Waals surface area contributed by atoms with Crippen LogP contribution in [-0.2, 0) is 0 Å². The Morgan fingerprint density at radius 3 is 2.16 bits per heavy atom. The Morgan fingerprint density at radius 2 is 1.47 bits per heavy atom. The van der Waals surface area contributed by atoms with Crippen LogP contribution in [0.3, 0.4) is 0 Å². The average Bonchev–Trinajstić information content (AvgIpc) is 2.39. The zero-order valence-electron chi connectivity index (χ0n) is 11.0. The second-order valence-electron chi connectivity index (χ2n) is 4.42. The van der Waals surface area contributed by atoms with E-state index < -0.39 is 0 Å². The van der Waals surface area contributed by atoms with Crippen LogP contribution in [0.15, 0.2) is 52.7 Å². The molecule has 0 atom stereocenters. The van der Waals surface area contributed by atoms with Gasteiger partial charge < -0.3 is 0 Å². The van der Waals surface area contributed by atoms with Gasteiger partial charge in [-0.3, -0.25) is 0 Å². The van der Waals surface area contributed by atoms with Crippen LogP contribution < -0.4 is 0 Å². The molecule has 0 radical (unpaired) electrons. The second kappa shape index (κ2) is 6.05. The largest absolute Gasteiger partial charge is 0.206 e. The molecular formula is C16H15FN2. The quantitative estimate of drug-likeness (QED) is 0.586. The number of hydrogen-bond acceptors (Lipinski definition) is 2. The predicted molar refractivity (Wildman–Crippen MR) is 77.5 cm³/mol. The summed E-state index contributed by atoms with van der Waals surface area (Å²) in [6, 6.07) is 12.9. The van der Waals surface area contributed by atoms with E-state index in [1.54, 1.807) is 12.3 Å². The lowest BCUT2D eigenvalue weighted by Gasteiger charge is -1.96. The highest BCUT2D eigenvalue weighted by molar-refractivity contribution is 5.82. The van der Waals surface area contributed by atoms with Crippen molar-refractivity contribution in [1.82, 2.24) is 0 Å². The molecule has 2 aromatic carbocycles. The van der Waals surface area contributed by atoms with Crippen molar-refractivity contribution in [3.8, 4) is 0 Å². The molecule has 0 amide bonds. The second-order valence-corrected chi connectivity index (χ2v) is 4.42. The number of rotatable bonds is 3. The molecule has 2 aromatic rings. The lowest BCUT2D eigenvalue weighted by molar-refractivity contribution is 0.624. The number of benzene rings is 2. The molecule has 0 aliphatic rings. The first-order chi connectivity index (χ1) is 9.15. The lowest BCUT2D eigenvalue weighted by atomic mass is 10.1. The van der Waals surface area contributed by atoms with E-state index in [9.17, 15) is 4.39 Å².